The molecule has 0 aliphatic carbocycles. The van der Waals surface area contributed by atoms with Crippen LogP contribution in [0.1, 0.15) is 69.9 Å². The number of amides is 9. The van der Waals surface area contributed by atoms with Crippen molar-refractivity contribution in [2.75, 3.05) is 38.3 Å². The first kappa shape index (κ1) is 67.4. The predicted octanol–water partition coefficient (Wildman–Crippen LogP) is -4.30. The normalized spacial score (nSPS) is 14.5. The molecule has 29 heteroatoms. The van der Waals surface area contributed by atoms with Crippen LogP contribution in [0.15, 0.2) is 65.8 Å². The number of H-pyrrole nitrogens is 1. The number of para-hydroxylation sites is 1. The van der Waals surface area contributed by atoms with Crippen molar-refractivity contribution in [2.24, 2.45) is 39.6 Å². The molecule has 9 amide bonds. The average molecular weight is 1150 g/mol. The lowest BCUT2D eigenvalue weighted by molar-refractivity contribution is -0.143. The molecule has 0 aliphatic rings. The van der Waals surface area contributed by atoms with Gasteiger partial charge in [0.25, 0.3) is 0 Å². The molecule has 0 unspecified atom stereocenters. The number of carbonyl (C=O) groups excluding carboxylic acids is 9. The van der Waals surface area contributed by atoms with Crippen molar-refractivity contribution in [3.8, 4) is 0 Å². The second-order valence-corrected chi connectivity index (χ2v) is 20.4. The number of nitrogens with zero attached hydrogens (tertiary/aromatic N) is 1. The Morgan fingerprint density at radius 2 is 1.06 bits per heavy atom. The molecule has 0 aliphatic heterocycles. The molecule has 0 saturated carbocycles. The molecule has 28 nitrogen and oxygen atoms in total. The number of aliphatic imine (C=N–C) groups is 1. The van der Waals surface area contributed by atoms with E-state index in [9.17, 15) is 63.3 Å². The Hall–Kier alpha value is -7.86. The maximum Gasteiger partial charge on any atom is 0.326 e. The Bertz CT molecular complexity index is 2620. The molecule has 0 fully saturated rings. The molecule has 1 heterocycles. The van der Waals surface area contributed by atoms with E-state index in [0.717, 1.165) is 0 Å². The molecule has 9 atom stereocenters. The number of carboxylic acid groups (broad SMARTS) is 1. The van der Waals surface area contributed by atoms with Gasteiger partial charge in [-0.1, -0.05) is 62.4 Å². The van der Waals surface area contributed by atoms with E-state index in [-0.39, 0.29) is 57.6 Å². The van der Waals surface area contributed by atoms with E-state index < -0.39 is 139 Å². The molecular weight excluding hydrogens is 1070 g/mol. The zero-order chi connectivity index (χ0) is 60.2. The number of rotatable bonds is 37. The van der Waals surface area contributed by atoms with Crippen LogP contribution in [-0.2, 0) is 60.8 Å². The van der Waals surface area contributed by atoms with Crippen LogP contribution in [0.25, 0.3) is 10.9 Å². The highest BCUT2D eigenvalue weighted by atomic mass is 32.2. The van der Waals surface area contributed by atoms with Gasteiger partial charge in [-0.25, -0.2) is 4.79 Å². The Labute approximate surface area is 472 Å². The molecule has 3 rings (SSSR count). The van der Waals surface area contributed by atoms with Crippen molar-refractivity contribution < 1.29 is 63.3 Å². The number of carboxylic acids is 1. The number of aromatic amines is 1. The van der Waals surface area contributed by atoms with Gasteiger partial charge in [-0.2, -0.15) is 11.8 Å². The van der Waals surface area contributed by atoms with Gasteiger partial charge in [-0.15, -0.1) is 0 Å². The molecule has 446 valence electrons. The molecule has 0 saturated heterocycles. The van der Waals surface area contributed by atoms with E-state index in [0.29, 0.717) is 40.6 Å². The summed E-state index contributed by atoms with van der Waals surface area (Å²) in [7, 11) is 0. The first-order valence-electron chi connectivity index (χ1n) is 26.3. The van der Waals surface area contributed by atoms with Gasteiger partial charge >= 0.3 is 5.97 Å². The van der Waals surface area contributed by atoms with Crippen molar-refractivity contribution >= 4 is 87.8 Å². The zero-order valence-corrected chi connectivity index (χ0v) is 46.4. The number of carbonyl (C=O) groups is 10. The van der Waals surface area contributed by atoms with Crippen LogP contribution < -0.4 is 71.2 Å². The molecule has 0 bridgehead atoms. The number of unbranched alkanes of at least 4 members (excludes halogenated alkanes) is 1. The zero-order valence-electron chi connectivity index (χ0n) is 45.6. The van der Waals surface area contributed by atoms with Crippen LogP contribution in [-0.4, -0.2) is 178 Å². The van der Waals surface area contributed by atoms with Gasteiger partial charge in [-0.05, 0) is 80.2 Å². The van der Waals surface area contributed by atoms with Crippen LogP contribution in [0, 0.1) is 5.92 Å². The standard InChI is InChI=1S/C52H79N15O13S/c1-28(2)42(51(79)80)67-48(76)38(23-30-25-59-33-15-8-7-14-31(30)33)64-49(77)39(26-68)66-50(78)40(27-69)65-45(73)35(17-11-20-58-52(56)57)62-47(75)37(22-29-12-5-4-6-13-29)63-44(72)34(16-9-10-19-53)61-46(74)36(18-21-81-3)60-43(71)32(54)24-41(55)70/h4-8,12-15,25,28,32,34-40,42,59,68-69H,9-11,16-24,26-27,53-54H2,1-3H3,(H2,55,70)(H,60,71)(H,61,74)(H,62,75)(H,63,72)(H,64,77)(H,65,73)(H,66,78)(H,67,76)(H,79,80)(H4,56,57,58)/t32-,34-,35-,36-,37-,38-,39-,40-,42-/m0/s1. The van der Waals surface area contributed by atoms with Crippen LogP contribution in [0.2, 0.25) is 0 Å². The van der Waals surface area contributed by atoms with Crippen LogP contribution in [0.5, 0.6) is 0 Å². The topological polar surface area (TPSA) is 486 Å². The Morgan fingerprint density at radius 3 is 1.58 bits per heavy atom. The SMILES string of the molecule is CSCC[C@H](NC(=O)[C@@H](N)CC(N)=O)C(=O)N[C@@H](CCCCN)C(=O)N[C@@H](Cc1ccccc1)C(=O)N[C@@H](CCCN=C(N)N)C(=O)N[C@@H](CO)C(=O)N[C@@H](CO)C(=O)N[C@@H](Cc1c[nH]c2ccccc12)C(=O)N[C@H](C(=O)O)C(C)C. The Kier molecular flexibility index (Phi) is 29.1. The van der Waals surface area contributed by atoms with Crippen molar-refractivity contribution in [3.05, 3.63) is 71.9 Å². The van der Waals surface area contributed by atoms with Crippen LogP contribution in [0.3, 0.4) is 0 Å². The van der Waals surface area contributed by atoms with E-state index in [4.69, 9.17) is 28.7 Å². The first-order chi connectivity index (χ1) is 38.5. The highest BCUT2D eigenvalue weighted by Crippen LogP contribution is 2.20. The van der Waals surface area contributed by atoms with E-state index >= 15 is 0 Å². The maximum absolute atomic E-state index is 14.5. The lowest BCUT2D eigenvalue weighted by atomic mass is 10.0. The summed E-state index contributed by atoms with van der Waals surface area (Å²) in [6.45, 7) is 1.24. The largest absolute Gasteiger partial charge is 0.480 e. The smallest absolute Gasteiger partial charge is 0.326 e. The number of aliphatic hydroxyl groups is 2. The van der Waals surface area contributed by atoms with Crippen LogP contribution >= 0.6 is 11.8 Å². The monoisotopic (exact) mass is 1150 g/mol. The fraction of sp³-hybridized carbons (Fsp3) is 0.519. The number of nitrogens with two attached hydrogens (primary N) is 5. The molecule has 81 heavy (non-hydrogen) atoms. The number of aliphatic carboxylic acids is 1. The molecule has 0 radical (unpaired) electrons. The molecule has 1 aromatic heterocycles. The third-order valence-corrected chi connectivity index (χ3v) is 13.3. The Morgan fingerprint density at radius 1 is 0.593 bits per heavy atom. The van der Waals surface area contributed by atoms with Gasteiger partial charge in [-0.3, -0.25) is 48.1 Å². The van der Waals surface area contributed by atoms with Crippen molar-refractivity contribution in [1.82, 2.24) is 47.5 Å². The highest BCUT2D eigenvalue weighted by Gasteiger charge is 2.36. The van der Waals surface area contributed by atoms with Crippen molar-refractivity contribution in [1.29, 1.82) is 0 Å². The molecule has 0 spiro atoms. The minimum atomic E-state index is -1.83. The van der Waals surface area contributed by atoms with Gasteiger partial charge in [0.1, 0.15) is 48.3 Å². The summed E-state index contributed by atoms with van der Waals surface area (Å²) in [4.78, 5) is 141. The lowest BCUT2D eigenvalue weighted by Gasteiger charge is -2.28. The molecule has 22 N–H and O–H groups in total. The molecule has 3 aromatic rings. The molecule has 2 aromatic carbocycles. The summed E-state index contributed by atoms with van der Waals surface area (Å²) < 4.78 is 0. The summed E-state index contributed by atoms with van der Waals surface area (Å²) >= 11 is 1.38. The summed E-state index contributed by atoms with van der Waals surface area (Å²) in [5, 5.41) is 51.3. The number of hydrogen-bond acceptors (Lipinski definition) is 16. The number of hydrogen-bond donors (Lipinski definition) is 17. The first-order valence-corrected chi connectivity index (χ1v) is 27.7. The quantitative estimate of drug-likeness (QED) is 0.0148. The van der Waals surface area contributed by atoms with Gasteiger partial charge in [0, 0.05) is 36.5 Å². The summed E-state index contributed by atoms with van der Waals surface area (Å²) in [6.07, 6.45) is 3.37. The predicted molar refractivity (Wildman–Crippen MR) is 302 cm³/mol. The van der Waals surface area contributed by atoms with Crippen molar-refractivity contribution in [2.45, 2.75) is 126 Å². The number of benzene rings is 2. The second kappa shape index (κ2) is 35.0. The number of aromatic nitrogens is 1. The van der Waals surface area contributed by atoms with Crippen molar-refractivity contribution in [3.63, 3.8) is 0 Å². The second-order valence-electron chi connectivity index (χ2n) is 19.4. The van der Waals surface area contributed by atoms with Gasteiger partial charge in [0.05, 0.1) is 25.7 Å². The van der Waals surface area contributed by atoms with Gasteiger partial charge < -0.3 is 91.5 Å². The molecular formula is C52H79N15O13S. The third-order valence-electron chi connectivity index (χ3n) is 12.7. The van der Waals surface area contributed by atoms with E-state index in [1.165, 1.54) is 11.8 Å². The Balaban J connectivity index is 1.91. The number of guanidine groups is 1. The van der Waals surface area contributed by atoms with Gasteiger partial charge in [0.2, 0.25) is 53.2 Å². The van der Waals surface area contributed by atoms with E-state index in [1.807, 2.05) is 0 Å². The number of nitrogens with one attached hydrogen (secondary N) is 9. The summed E-state index contributed by atoms with van der Waals surface area (Å²) in [6, 6.07) is 2.31. The number of thioether (sulfide) groups is 1. The minimum absolute atomic E-state index is 0.0310. The van der Waals surface area contributed by atoms with Gasteiger partial charge in [0.15, 0.2) is 5.96 Å². The third kappa shape index (κ3) is 23.0. The van der Waals surface area contributed by atoms with E-state index in [1.54, 1.807) is 80.9 Å². The highest BCUT2D eigenvalue weighted by molar-refractivity contribution is 7.98. The maximum atomic E-state index is 14.5. The minimum Gasteiger partial charge on any atom is -0.480 e. The summed E-state index contributed by atoms with van der Waals surface area (Å²) in [5.41, 5.74) is 29.7. The number of aliphatic hydroxyl groups excluding tert-OH is 2. The average Bonchev–Trinajstić information content (AvgIpc) is 3.90. The fourth-order valence-electron chi connectivity index (χ4n) is 8.20. The summed E-state index contributed by atoms with van der Waals surface area (Å²) in [5.74, 6) is -10.1. The lowest BCUT2D eigenvalue weighted by Crippen LogP contribution is -2.61. The van der Waals surface area contributed by atoms with E-state index in [2.05, 4.69) is 52.5 Å². The fourth-order valence-corrected chi connectivity index (χ4v) is 8.68. The van der Waals surface area contributed by atoms with Crippen LogP contribution in [0.4, 0.5) is 0 Å². The number of primary amides is 1. The number of fused-ring (bicyclic) bond motifs is 1.